The first-order valence-corrected chi connectivity index (χ1v) is 6.66. The highest BCUT2D eigenvalue weighted by atomic mass is 16.5. The molecule has 0 unspecified atom stereocenters. The zero-order valence-corrected chi connectivity index (χ0v) is 11.3. The second kappa shape index (κ2) is 8.12. The largest absolute Gasteiger partial charge is 0.491 e. The third-order valence-corrected chi connectivity index (χ3v) is 2.75. The van der Waals surface area contributed by atoms with Crippen molar-refractivity contribution < 1.29 is 14.3 Å². The minimum Gasteiger partial charge on any atom is -0.491 e. The van der Waals surface area contributed by atoms with Crippen LogP contribution in [0.15, 0.2) is 60.7 Å². The Kier molecular flexibility index (Phi) is 5.80. The lowest BCUT2D eigenvalue weighted by atomic mass is 10.1. The summed E-state index contributed by atoms with van der Waals surface area (Å²) in [4.78, 5) is 11.7. The summed E-state index contributed by atoms with van der Waals surface area (Å²) >= 11 is 0. The number of ether oxygens (including phenoxy) is 2. The van der Waals surface area contributed by atoms with Crippen LogP contribution >= 0.6 is 0 Å². The van der Waals surface area contributed by atoms with Crippen molar-refractivity contribution in [2.24, 2.45) is 0 Å². The molecule has 2 aromatic carbocycles. The predicted octanol–water partition coefficient (Wildman–Crippen LogP) is 2.89. The van der Waals surface area contributed by atoms with E-state index in [0.717, 1.165) is 11.3 Å². The number of ketones is 1. The molecule has 0 aromatic heterocycles. The van der Waals surface area contributed by atoms with Gasteiger partial charge < -0.3 is 9.47 Å². The fourth-order valence-corrected chi connectivity index (χ4v) is 1.80. The topological polar surface area (TPSA) is 35.5 Å². The molecule has 0 N–H and O–H groups in total. The molecule has 0 saturated carbocycles. The van der Waals surface area contributed by atoms with Crippen LogP contribution in [0, 0.1) is 0 Å². The average molecular weight is 270 g/mol. The zero-order valence-electron chi connectivity index (χ0n) is 11.3. The predicted molar refractivity (Wildman–Crippen MR) is 77.9 cm³/mol. The molecule has 0 atom stereocenters. The van der Waals surface area contributed by atoms with Gasteiger partial charge in [0, 0.05) is 6.42 Å². The van der Waals surface area contributed by atoms with Crippen molar-refractivity contribution in [1.29, 1.82) is 0 Å². The number of benzene rings is 2. The number of rotatable bonds is 8. The second-order valence-corrected chi connectivity index (χ2v) is 4.42. The Morgan fingerprint density at radius 2 is 1.50 bits per heavy atom. The molecule has 0 fully saturated rings. The molecular weight excluding hydrogens is 252 g/mol. The van der Waals surface area contributed by atoms with Crippen LogP contribution in [0.5, 0.6) is 5.75 Å². The molecule has 0 radical (unpaired) electrons. The quantitative estimate of drug-likeness (QED) is 0.692. The highest BCUT2D eigenvalue weighted by Crippen LogP contribution is 2.07. The molecule has 0 spiro atoms. The van der Waals surface area contributed by atoms with E-state index in [0.29, 0.717) is 19.6 Å². The lowest BCUT2D eigenvalue weighted by molar-refractivity contribution is -0.123. The van der Waals surface area contributed by atoms with Gasteiger partial charge in [0.2, 0.25) is 0 Å². The van der Waals surface area contributed by atoms with Crippen LogP contribution in [0.3, 0.4) is 0 Å². The van der Waals surface area contributed by atoms with Crippen molar-refractivity contribution in [3.8, 4) is 5.75 Å². The maximum atomic E-state index is 11.7. The van der Waals surface area contributed by atoms with Gasteiger partial charge in [-0.25, -0.2) is 0 Å². The second-order valence-electron chi connectivity index (χ2n) is 4.42. The summed E-state index contributed by atoms with van der Waals surface area (Å²) in [6, 6.07) is 19.2. The maximum absolute atomic E-state index is 11.7. The van der Waals surface area contributed by atoms with Gasteiger partial charge in [-0.15, -0.1) is 0 Å². The van der Waals surface area contributed by atoms with Crippen molar-refractivity contribution in [3.05, 3.63) is 66.2 Å². The molecular formula is C17H18O3. The number of carbonyl (C=O) groups is 1. The lowest BCUT2D eigenvalue weighted by Gasteiger charge is -2.06. The third-order valence-electron chi connectivity index (χ3n) is 2.75. The van der Waals surface area contributed by atoms with Gasteiger partial charge in [0.15, 0.2) is 5.78 Å². The van der Waals surface area contributed by atoms with E-state index in [-0.39, 0.29) is 12.4 Å². The highest BCUT2D eigenvalue weighted by molar-refractivity contribution is 5.82. The van der Waals surface area contributed by atoms with E-state index in [1.807, 2.05) is 60.7 Å². The monoisotopic (exact) mass is 270 g/mol. The summed E-state index contributed by atoms with van der Waals surface area (Å²) < 4.78 is 10.8. The van der Waals surface area contributed by atoms with Gasteiger partial charge in [-0.05, 0) is 17.7 Å². The number of para-hydroxylation sites is 1. The van der Waals surface area contributed by atoms with Gasteiger partial charge in [-0.3, -0.25) is 4.79 Å². The number of hydrogen-bond donors (Lipinski definition) is 0. The van der Waals surface area contributed by atoms with Crippen LogP contribution in [-0.2, 0) is 16.0 Å². The standard InChI is InChI=1S/C17H18O3/c18-16(13-15-7-3-1-4-8-15)14-19-11-12-20-17-9-5-2-6-10-17/h1-10H,11-14H2. The summed E-state index contributed by atoms with van der Waals surface area (Å²) in [6.07, 6.45) is 0.417. The van der Waals surface area contributed by atoms with Gasteiger partial charge in [-0.1, -0.05) is 48.5 Å². The molecule has 3 nitrogen and oxygen atoms in total. The molecule has 0 saturated heterocycles. The first-order chi connectivity index (χ1) is 9.84. The van der Waals surface area contributed by atoms with Gasteiger partial charge in [0.25, 0.3) is 0 Å². The van der Waals surface area contributed by atoms with Crippen molar-refractivity contribution in [2.75, 3.05) is 19.8 Å². The Labute approximate surface area is 119 Å². The normalized spacial score (nSPS) is 10.2. The van der Waals surface area contributed by atoms with Crippen molar-refractivity contribution in [1.82, 2.24) is 0 Å². The Morgan fingerprint density at radius 1 is 0.850 bits per heavy atom. The fourth-order valence-electron chi connectivity index (χ4n) is 1.80. The minimum absolute atomic E-state index is 0.0795. The van der Waals surface area contributed by atoms with Gasteiger partial charge in [0.05, 0.1) is 6.61 Å². The summed E-state index contributed by atoms with van der Waals surface area (Å²) in [5.74, 6) is 0.891. The maximum Gasteiger partial charge on any atom is 0.162 e. The van der Waals surface area contributed by atoms with Gasteiger partial charge in [-0.2, -0.15) is 0 Å². The first-order valence-electron chi connectivity index (χ1n) is 6.66. The van der Waals surface area contributed by atoms with Crippen LogP contribution in [0.25, 0.3) is 0 Å². The summed E-state index contributed by atoms with van der Waals surface area (Å²) in [5, 5.41) is 0. The highest BCUT2D eigenvalue weighted by Gasteiger charge is 2.03. The summed E-state index contributed by atoms with van der Waals surface area (Å²) in [7, 11) is 0. The smallest absolute Gasteiger partial charge is 0.162 e. The zero-order chi connectivity index (χ0) is 14.0. The molecule has 0 amide bonds. The Morgan fingerprint density at radius 3 is 2.20 bits per heavy atom. The number of hydrogen-bond acceptors (Lipinski definition) is 3. The summed E-state index contributed by atoms with van der Waals surface area (Å²) in [5.41, 5.74) is 1.02. The van der Waals surface area contributed by atoms with Gasteiger partial charge in [0.1, 0.15) is 19.0 Å². The SMILES string of the molecule is O=C(COCCOc1ccccc1)Cc1ccccc1. The summed E-state index contributed by atoms with van der Waals surface area (Å²) in [6.45, 7) is 0.991. The number of Topliss-reactive ketones (excluding diaryl/α,β-unsaturated/α-hetero) is 1. The Hall–Kier alpha value is -2.13. The molecule has 0 bridgehead atoms. The fraction of sp³-hybridized carbons (Fsp3) is 0.235. The average Bonchev–Trinajstić information content (AvgIpc) is 2.49. The molecule has 0 aliphatic carbocycles. The molecule has 0 aliphatic heterocycles. The van der Waals surface area contributed by atoms with E-state index in [2.05, 4.69) is 0 Å². The molecule has 3 heteroatoms. The molecule has 0 aliphatic rings. The Balaban J connectivity index is 1.58. The lowest BCUT2D eigenvalue weighted by Crippen LogP contribution is -2.15. The van der Waals surface area contributed by atoms with Crippen molar-refractivity contribution in [3.63, 3.8) is 0 Å². The molecule has 2 aromatic rings. The van der Waals surface area contributed by atoms with E-state index in [1.165, 1.54) is 0 Å². The van der Waals surface area contributed by atoms with E-state index < -0.39 is 0 Å². The van der Waals surface area contributed by atoms with Crippen LogP contribution in [0.2, 0.25) is 0 Å². The first kappa shape index (κ1) is 14.3. The molecule has 2 rings (SSSR count). The van der Waals surface area contributed by atoms with E-state index >= 15 is 0 Å². The Bertz CT molecular complexity index is 508. The van der Waals surface area contributed by atoms with Crippen LogP contribution in [-0.4, -0.2) is 25.6 Å². The van der Waals surface area contributed by atoms with Crippen molar-refractivity contribution >= 4 is 5.78 Å². The van der Waals surface area contributed by atoms with E-state index in [9.17, 15) is 4.79 Å². The van der Waals surface area contributed by atoms with Crippen LogP contribution < -0.4 is 4.74 Å². The molecule has 104 valence electrons. The van der Waals surface area contributed by atoms with Crippen LogP contribution in [0.1, 0.15) is 5.56 Å². The van der Waals surface area contributed by atoms with E-state index in [4.69, 9.17) is 9.47 Å². The molecule has 0 heterocycles. The minimum atomic E-state index is 0.0795. The molecule has 20 heavy (non-hydrogen) atoms. The van der Waals surface area contributed by atoms with Gasteiger partial charge >= 0.3 is 0 Å². The number of carbonyl (C=O) groups excluding carboxylic acids is 1. The van der Waals surface area contributed by atoms with Crippen LogP contribution in [0.4, 0.5) is 0 Å². The van der Waals surface area contributed by atoms with Crippen molar-refractivity contribution in [2.45, 2.75) is 6.42 Å². The third kappa shape index (κ3) is 5.24. The van der Waals surface area contributed by atoms with E-state index in [1.54, 1.807) is 0 Å².